The number of benzene rings is 3. The van der Waals surface area contributed by atoms with Crippen LogP contribution >= 0.6 is 11.6 Å². The number of anilines is 1. The Kier molecular flexibility index (Phi) is 4.42. The zero-order valence-corrected chi connectivity index (χ0v) is 15.8. The molecule has 4 aromatic rings. The van der Waals surface area contributed by atoms with Crippen LogP contribution in [0.2, 0.25) is 5.02 Å². The van der Waals surface area contributed by atoms with Crippen LogP contribution in [0.4, 0.5) is 5.69 Å². The summed E-state index contributed by atoms with van der Waals surface area (Å²) in [6, 6.07) is 19.1. The first-order valence-electron chi connectivity index (χ1n) is 8.64. The molecule has 0 atom stereocenters. The molecule has 1 aromatic heterocycles. The predicted octanol–water partition coefficient (Wildman–Crippen LogP) is 5.75. The molecule has 27 heavy (non-hydrogen) atoms. The van der Waals surface area contributed by atoms with Crippen LogP contribution < -0.4 is 5.32 Å². The van der Waals surface area contributed by atoms with Gasteiger partial charge in [-0.2, -0.15) is 0 Å². The van der Waals surface area contributed by atoms with E-state index in [9.17, 15) is 4.79 Å². The van der Waals surface area contributed by atoms with E-state index in [1.54, 1.807) is 12.1 Å². The molecule has 0 aliphatic rings. The molecule has 1 heterocycles. The number of aromatic amines is 1. The maximum absolute atomic E-state index is 12.6. The molecule has 0 saturated heterocycles. The Balaban J connectivity index is 1.66. The van der Waals surface area contributed by atoms with Crippen LogP contribution in [-0.4, -0.2) is 15.9 Å². The Hall–Kier alpha value is -3.11. The van der Waals surface area contributed by atoms with Crippen LogP contribution in [0, 0.1) is 13.8 Å². The van der Waals surface area contributed by atoms with Crippen molar-refractivity contribution in [3.05, 3.63) is 82.4 Å². The minimum Gasteiger partial charge on any atom is -0.338 e. The van der Waals surface area contributed by atoms with Crippen molar-refractivity contribution in [2.24, 2.45) is 0 Å². The number of imidazole rings is 1. The molecule has 0 aliphatic carbocycles. The van der Waals surface area contributed by atoms with Crippen LogP contribution in [0.25, 0.3) is 22.4 Å². The van der Waals surface area contributed by atoms with Gasteiger partial charge in [0, 0.05) is 21.8 Å². The van der Waals surface area contributed by atoms with Gasteiger partial charge in [0.05, 0.1) is 11.0 Å². The molecule has 0 saturated carbocycles. The van der Waals surface area contributed by atoms with Crippen molar-refractivity contribution in [3.8, 4) is 11.4 Å². The lowest BCUT2D eigenvalue weighted by atomic mass is 10.1. The van der Waals surface area contributed by atoms with Gasteiger partial charge in [0.1, 0.15) is 5.82 Å². The maximum Gasteiger partial charge on any atom is 0.255 e. The fraction of sp³-hybridized carbons (Fsp3) is 0.0909. The predicted molar refractivity (Wildman–Crippen MR) is 110 cm³/mol. The molecule has 0 unspecified atom stereocenters. The molecule has 1 amide bonds. The number of aromatic nitrogens is 2. The average Bonchev–Trinajstić information content (AvgIpc) is 3.10. The number of para-hydroxylation sites is 2. The van der Waals surface area contributed by atoms with E-state index in [-0.39, 0.29) is 5.91 Å². The number of nitrogens with one attached hydrogen (secondary N) is 2. The molecule has 0 radical (unpaired) electrons. The molecule has 4 rings (SSSR count). The van der Waals surface area contributed by atoms with Gasteiger partial charge >= 0.3 is 0 Å². The lowest BCUT2D eigenvalue weighted by molar-refractivity contribution is 0.102. The number of hydrogen-bond donors (Lipinski definition) is 2. The number of carbonyl (C=O) groups is 1. The molecule has 2 N–H and O–H groups in total. The summed E-state index contributed by atoms with van der Waals surface area (Å²) in [5.41, 5.74) is 5.99. The van der Waals surface area contributed by atoms with E-state index in [2.05, 4.69) is 15.3 Å². The molecular formula is C22H18ClN3O. The Bertz CT molecular complexity index is 1130. The SMILES string of the molecule is Cc1ccc(C(=O)Nc2cc(-c3nc4ccccc4[nH]3)ccc2C)cc1Cl. The largest absolute Gasteiger partial charge is 0.338 e. The van der Waals surface area contributed by atoms with Gasteiger partial charge in [-0.15, -0.1) is 0 Å². The zero-order chi connectivity index (χ0) is 19.0. The van der Waals surface area contributed by atoms with Crippen LogP contribution in [0.15, 0.2) is 60.7 Å². The van der Waals surface area contributed by atoms with Gasteiger partial charge in [-0.1, -0.05) is 41.9 Å². The number of hydrogen-bond acceptors (Lipinski definition) is 2. The number of nitrogens with zero attached hydrogens (tertiary/aromatic N) is 1. The number of aryl methyl sites for hydroxylation is 2. The lowest BCUT2D eigenvalue weighted by Gasteiger charge is -2.11. The highest BCUT2D eigenvalue weighted by molar-refractivity contribution is 6.31. The summed E-state index contributed by atoms with van der Waals surface area (Å²) in [4.78, 5) is 20.6. The molecule has 0 spiro atoms. The van der Waals surface area contributed by atoms with Gasteiger partial charge in [0.15, 0.2) is 0 Å². The molecule has 134 valence electrons. The third-order valence-corrected chi connectivity index (χ3v) is 4.99. The summed E-state index contributed by atoms with van der Waals surface area (Å²) in [6.07, 6.45) is 0. The van der Waals surface area contributed by atoms with Gasteiger partial charge in [-0.05, 0) is 55.3 Å². The quantitative estimate of drug-likeness (QED) is 0.478. The zero-order valence-electron chi connectivity index (χ0n) is 15.0. The minimum atomic E-state index is -0.193. The lowest BCUT2D eigenvalue weighted by Crippen LogP contribution is -2.13. The number of rotatable bonds is 3. The van der Waals surface area contributed by atoms with Gasteiger partial charge in [-0.25, -0.2) is 4.98 Å². The molecule has 0 aliphatic heterocycles. The van der Waals surface area contributed by atoms with Gasteiger partial charge in [-0.3, -0.25) is 4.79 Å². The second-order valence-electron chi connectivity index (χ2n) is 6.55. The van der Waals surface area contributed by atoms with Crippen molar-refractivity contribution in [2.75, 3.05) is 5.32 Å². The first kappa shape index (κ1) is 17.3. The topological polar surface area (TPSA) is 57.8 Å². The highest BCUT2D eigenvalue weighted by atomic mass is 35.5. The summed E-state index contributed by atoms with van der Waals surface area (Å²) in [6.45, 7) is 3.87. The monoisotopic (exact) mass is 375 g/mol. The fourth-order valence-electron chi connectivity index (χ4n) is 2.92. The van der Waals surface area contributed by atoms with E-state index in [0.29, 0.717) is 10.6 Å². The first-order chi connectivity index (χ1) is 13.0. The van der Waals surface area contributed by atoms with Crippen molar-refractivity contribution < 1.29 is 4.79 Å². The molecule has 3 aromatic carbocycles. The number of H-pyrrole nitrogens is 1. The van der Waals surface area contributed by atoms with E-state index in [1.807, 2.05) is 62.4 Å². The average molecular weight is 376 g/mol. The Morgan fingerprint density at radius 1 is 1.00 bits per heavy atom. The van der Waals surface area contributed by atoms with E-state index < -0.39 is 0 Å². The number of fused-ring (bicyclic) bond motifs is 1. The van der Waals surface area contributed by atoms with E-state index >= 15 is 0 Å². The maximum atomic E-state index is 12.6. The van der Waals surface area contributed by atoms with E-state index in [1.165, 1.54) is 0 Å². The standard InChI is InChI=1S/C22H18ClN3O/c1-13-7-10-16(11-17(13)23)22(27)26-20-12-15(9-8-14(20)2)21-24-18-5-3-4-6-19(18)25-21/h3-12H,1-2H3,(H,24,25)(H,26,27). The van der Waals surface area contributed by atoms with Gasteiger partial charge in [0.25, 0.3) is 5.91 Å². The van der Waals surface area contributed by atoms with Crippen molar-refractivity contribution >= 4 is 34.2 Å². The molecule has 5 heteroatoms. The fourth-order valence-corrected chi connectivity index (χ4v) is 3.10. The molecule has 4 nitrogen and oxygen atoms in total. The van der Waals surface area contributed by atoms with Crippen LogP contribution in [-0.2, 0) is 0 Å². The number of halogens is 1. The second-order valence-corrected chi connectivity index (χ2v) is 6.96. The van der Waals surface area contributed by atoms with E-state index in [4.69, 9.17) is 11.6 Å². The first-order valence-corrected chi connectivity index (χ1v) is 9.02. The summed E-state index contributed by atoms with van der Waals surface area (Å²) in [7, 11) is 0. The van der Waals surface area contributed by atoms with Crippen molar-refractivity contribution in [1.82, 2.24) is 9.97 Å². The Morgan fingerprint density at radius 3 is 2.56 bits per heavy atom. The minimum absolute atomic E-state index is 0.193. The molecular weight excluding hydrogens is 358 g/mol. The van der Waals surface area contributed by atoms with Gasteiger partial charge in [0.2, 0.25) is 0 Å². The summed E-state index contributed by atoms with van der Waals surface area (Å²) in [5.74, 6) is 0.576. The smallest absolute Gasteiger partial charge is 0.255 e. The summed E-state index contributed by atoms with van der Waals surface area (Å²) in [5, 5.41) is 3.56. The summed E-state index contributed by atoms with van der Waals surface area (Å²) < 4.78 is 0. The van der Waals surface area contributed by atoms with E-state index in [0.717, 1.165) is 39.2 Å². The van der Waals surface area contributed by atoms with Gasteiger partial charge < -0.3 is 10.3 Å². The highest BCUT2D eigenvalue weighted by Gasteiger charge is 2.12. The Labute approximate surface area is 162 Å². The van der Waals surface area contributed by atoms with Crippen LogP contribution in [0.5, 0.6) is 0 Å². The van der Waals surface area contributed by atoms with Crippen molar-refractivity contribution in [2.45, 2.75) is 13.8 Å². The second kappa shape index (κ2) is 6.89. The van der Waals surface area contributed by atoms with Crippen molar-refractivity contribution in [3.63, 3.8) is 0 Å². The van der Waals surface area contributed by atoms with Crippen molar-refractivity contribution in [1.29, 1.82) is 0 Å². The third kappa shape index (κ3) is 3.44. The molecule has 0 bridgehead atoms. The van der Waals surface area contributed by atoms with Crippen LogP contribution in [0.3, 0.4) is 0 Å². The van der Waals surface area contributed by atoms with Crippen LogP contribution in [0.1, 0.15) is 21.5 Å². The summed E-state index contributed by atoms with van der Waals surface area (Å²) >= 11 is 6.14. The number of carbonyl (C=O) groups excluding carboxylic acids is 1. The Morgan fingerprint density at radius 2 is 1.78 bits per heavy atom. The molecule has 0 fully saturated rings. The number of amides is 1. The highest BCUT2D eigenvalue weighted by Crippen LogP contribution is 2.26. The third-order valence-electron chi connectivity index (χ3n) is 4.58. The normalized spacial score (nSPS) is 10.9.